The Morgan fingerprint density at radius 3 is 2.83 bits per heavy atom. The summed E-state index contributed by atoms with van der Waals surface area (Å²) in [5.41, 5.74) is 1.22. The molecule has 3 rings (SSSR count). The van der Waals surface area contributed by atoms with Crippen LogP contribution in [-0.2, 0) is 4.74 Å². The van der Waals surface area contributed by atoms with Crippen LogP contribution in [0, 0.1) is 0 Å². The fourth-order valence-corrected chi connectivity index (χ4v) is 2.55. The average molecular weight is 243 g/mol. The van der Waals surface area contributed by atoms with Crippen LogP contribution in [0.25, 0.3) is 0 Å². The molecule has 4 heteroatoms. The third kappa shape index (κ3) is 2.29. The van der Waals surface area contributed by atoms with E-state index < -0.39 is 0 Å². The number of hydrogen-bond acceptors (Lipinski definition) is 3. The zero-order valence-electron chi connectivity index (χ0n) is 10.3. The van der Waals surface area contributed by atoms with E-state index in [9.17, 15) is 0 Å². The molecule has 2 unspecified atom stereocenters. The van der Waals surface area contributed by atoms with Gasteiger partial charge in [-0.25, -0.2) is 9.67 Å². The predicted molar refractivity (Wildman–Crippen MR) is 68.0 cm³/mol. The average Bonchev–Trinajstić information content (AvgIpc) is 2.84. The molecule has 2 atom stereocenters. The van der Waals surface area contributed by atoms with Crippen LogP contribution in [0.4, 0.5) is 0 Å². The first-order valence-electron chi connectivity index (χ1n) is 6.46. The van der Waals surface area contributed by atoms with E-state index >= 15 is 0 Å². The van der Waals surface area contributed by atoms with Crippen LogP contribution in [0.1, 0.15) is 37.0 Å². The minimum atomic E-state index is 0.0791. The highest BCUT2D eigenvalue weighted by molar-refractivity contribution is 5.19. The third-order valence-corrected chi connectivity index (χ3v) is 3.45. The van der Waals surface area contributed by atoms with Gasteiger partial charge in [0, 0.05) is 6.61 Å². The topological polar surface area (TPSA) is 39.9 Å². The van der Waals surface area contributed by atoms with Crippen LogP contribution in [0.3, 0.4) is 0 Å². The molecule has 4 nitrogen and oxygen atoms in total. The molecule has 0 spiro atoms. The van der Waals surface area contributed by atoms with Gasteiger partial charge in [0.25, 0.3) is 0 Å². The van der Waals surface area contributed by atoms with Crippen molar-refractivity contribution in [2.75, 3.05) is 6.61 Å². The number of hydrogen-bond donors (Lipinski definition) is 0. The van der Waals surface area contributed by atoms with Gasteiger partial charge in [0.05, 0.1) is 6.04 Å². The highest BCUT2D eigenvalue weighted by Gasteiger charge is 2.27. The normalized spacial score (nSPS) is 24.7. The van der Waals surface area contributed by atoms with Crippen molar-refractivity contribution in [3.05, 3.63) is 48.5 Å². The van der Waals surface area contributed by atoms with E-state index in [-0.39, 0.29) is 12.1 Å². The Hall–Kier alpha value is -1.68. The molecule has 1 aliphatic rings. The number of benzene rings is 1. The largest absolute Gasteiger partial charge is 0.371 e. The molecule has 2 aromatic rings. The lowest BCUT2D eigenvalue weighted by Gasteiger charge is -2.25. The van der Waals surface area contributed by atoms with Gasteiger partial charge in [-0.3, -0.25) is 0 Å². The van der Waals surface area contributed by atoms with Crippen molar-refractivity contribution < 1.29 is 4.74 Å². The molecule has 1 saturated heterocycles. The first kappa shape index (κ1) is 11.4. The lowest BCUT2D eigenvalue weighted by atomic mass is 9.99. The minimum absolute atomic E-state index is 0.0791. The summed E-state index contributed by atoms with van der Waals surface area (Å²) in [5, 5.41) is 4.28. The lowest BCUT2D eigenvalue weighted by molar-refractivity contribution is 0.0243. The van der Waals surface area contributed by atoms with E-state index in [0.717, 1.165) is 19.4 Å². The predicted octanol–water partition coefficient (Wildman–Crippen LogP) is 2.76. The minimum Gasteiger partial charge on any atom is -0.371 e. The van der Waals surface area contributed by atoms with Gasteiger partial charge in [-0.1, -0.05) is 30.3 Å². The van der Waals surface area contributed by atoms with Crippen molar-refractivity contribution >= 4 is 0 Å². The van der Waals surface area contributed by atoms with Gasteiger partial charge in [-0.05, 0) is 24.8 Å². The quantitative estimate of drug-likeness (QED) is 0.814. The highest BCUT2D eigenvalue weighted by atomic mass is 16.5. The third-order valence-electron chi connectivity index (χ3n) is 3.45. The molecule has 1 aliphatic heterocycles. The second-order valence-electron chi connectivity index (χ2n) is 4.64. The summed E-state index contributed by atoms with van der Waals surface area (Å²) in [7, 11) is 0. The highest BCUT2D eigenvalue weighted by Crippen LogP contribution is 2.35. The van der Waals surface area contributed by atoms with Crippen LogP contribution in [0.2, 0.25) is 0 Å². The Morgan fingerprint density at radius 2 is 2.06 bits per heavy atom. The maximum Gasteiger partial charge on any atom is 0.137 e. The van der Waals surface area contributed by atoms with Gasteiger partial charge in [0.15, 0.2) is 0 Å². The van der Waals surface area contributed by atoms with Gasteiger partial charge in [0.1, 0.15) is 18.8 Å². The molecular weight excluding hydrogens is 226 g/mol. The van der Waals surface area contributed by atoms with Crippen molar-refractivity contribution in [1.82, 2.24) is 14.8 Å². The van der Waals surface area contributed by atoms with Gasteiger partial charge in [-0.2, -0.15) is 5.10 Å². The molecule has 0 saturated carbocycles. The molecular formula is C14H17N3O. The summed E-state index contributed by atoms with van der Waals surface area (Å²) in [6.45, 7) is 0.824. The van der Waals surface area contributed by atoms with E-state index in [2.05, 4.69) is 34.3 Å². The maximum atomic E-state index is 6.04. The summed E-state index contributed by atoms with van der Waals surface area (Å²) in [6.07, 6.45) is 6.84. The summed E-state index contributed by atoms with van der Waals surface area (Å²) >= 11 is 0. The standard InChI is InChI=1S/C14H17N3O/c1-2-6-12(7-3-1)14-13(8-4-5-9-18-14)17-11-15-10-16-17/h1-3,6-7,10-11,13-14H,4-5,8-9H2. The van der Waals surface area contributed by atoms with Crippen molar-refractivity contribution in [1.29, 1.82) is 0 Å². The number of rotatable bonds is 2. The Bertz CT molecular complexity index is 469. The van der Waals surface area contributed by atoms with Crippen LogP contribution in [0.5, 0.6) is 0 Å². The summed E-state index contributed by atoms with van der Waals surface area (Å²) < 4.78 is 7.97. The second kappa shape index (κ2) is 5.31. The summed E-state index contributed by atoms with van der Waals surface area (Å²) in [6, 6.07) is 10.6. The zero-order valence-corrected chi connectivity index (χ0v) is 10.3. The second-order valence-corrected chi connectivity index (χ2v) is 4.64. The van der Waals surface area contributed by atoms with Crippen molar-refractivity contribution in [2.45, 2.75) is 31.4 Å². The number of aromatic nitrogens is 3. The number of ether oxygens (including phenoxy) is 1. The molecule has 1 fully saturated rings. The summed E-state index contributed by atoms with van der Waals surface area (Å²) in [5.74, 6) is 0. The van der Waals surface area contributed by atoms with Crippen molar-refractivity contribution in [2.24, 2.45) is 0 Å². The Balaban J connectivity index is 1.92. The zero-order chi connectivity index (χ0) is 12.2. The van der Waals surface area contributed by atoms with Crippen molar-refractivity contribution in [3.8, 4) is 0 Å². The molecule has 0 bridgehead atoms. The Labute approximate surface area is 107 Å². The maximum absolute atomic E-state index is 6.04. The monoisotopic (exact) mass is 243 g/mol. The van der Waals surface area contributed by atoms with Gasteiger partial charge < -0.3 is 4.74 Å². The first-order valence-corrected chi connectivity index (χ1v) is 6.46. The van der Waals surface area contributed by atoms with Gasteiger partial charge in [0.2, 0.25) is 0 Å². The molecule has 0 radical (unpaired) electrons. The fraction of sp³-hybridized carbons (Fsp3) is 0.429. The Morgan fingerprint density at radius 1 is 1.17 bits per heavy atom. The van der Waals surface area contributed by atoms with Crippen LogP contribution in [-0.4, -0.2) is 21.4 Å². The molecule has 1 aromatic heterocycles. The van der Waals surface area contributed by atoms with Crippen molar-refractivity contribution in [3.63, 3.8) is 0 Å². The molecule has 1 aromatic carbocycles. The Kier molecular flexibility index (Phi) is 3.37. The van der Waals surface area contributed by atoms with Gasteiger partial charge >= 0.3 is 0 Å². The van der Waals surface area contributed by atoms with E-state index in [0.29, 0.717) is 0 Å². The van der Waals surface area contributed by atoms with Crippen LogP contribution in [0.15, 0.2) is 43.0 Å². The molecule has 0 aliphatic carbocycles. The number of nitrogens with zero attached hydrogens (tertiary/aromatic N) is 3. The smallest absolute Gasteiger partial charge is 0.137 e. The van der Waals surface area contributed by atoms with Gasteiger partial charge in [-0.15, -0.1) is 0 Å². The molecule has 94 valence electrons. The molecule has 0 N–H and O–H groups in total. The summed E-state index contributed by atoms with van der Waals surface area (Å²) in [4.78, 5) is 4.05. The van der Waals surface area contributed by atoms with E-state index in [4.69, 9.17) is 4.74 Å². The van der Waals surface area contributed by atoms with E-state index in [1.807, 2.05) is 10.7 Å². The molecule has 0 amide bonds. The van der Waals surface area contributed by atoms with Crippen LogP contribution >= 0.6 is 0 Å². The SMILES string of the molecule is c1ccc(C2OCCCCC2n2cncn2)cc1. The first-order chi connectivity index (χ1) is 8.95. The molecule has 18 heavy (non-hydrogen) atoms. The molecule has 2 heterocycles. The lowest BCUT2D eigenvalue weighted by Crippen LogP contribution is -2.19. The van der Waals surface area contributed by atoms with E-state index in [1.165, 1.54) is 12.0 Å². The van der Waals surface area contributed by atoms with Crippen LogP contribution < -0.4 is 0 Å². The van der Waals surface area contributed by atoms with E-state index in [1.54, 1.807) is 12.7 Å². The fourth-order valence-electron chi connectivity index (χ4n) is 2.55.